The van der Waals surface area contributed by atoms with Gasteiger partial charge in [0, 0.05) is 22.3 Å². The van der Waals surface area contributed by atoms with E-state index in [9.17, 15) is 14.8 Å². The lowest BCUT2D eigenvalue weighted by atomic mass is 9.80. The average molecular weight is 404 g/mol. The highest BCUT2D eigenvalue weighted by molar-refractivity contribution is 6.13. The number of aryl methyl sites for hydroxylation is 2. The number of ketones is 1. The van der Waals surface area contributed by atoms with E-state index in [-0.39, 0.29) is 5.78 Å². The second kappa shape index (κ2) is 7.84. The Morgan fingerprint density at radius 2 is 1.63 bits per heavy atom. The molecular weight excluding hydrogens is 384 g/mol. The summed E-state index contributed by atoms with van der Waals surface area (Å²) in [6.45, 7) is 3.17. The topological polar surface area (TPSA) is 82.1 Å². The van der Waals surface area contributed by atoms with Gasteiger partial charge in [0.1, 0.15) is 12.4 Å². The van der Waals surface area contributed by atoms with Gasteiger partial charge in [-0.25, -0.2) is 10.1 Å². The number of carbonyl (C=O) groups is 2. The Balaban J connectivity index is 1.70. The average Bonchev–Trinajstić information content (AvgIpc) is 2.76. The van der Waals surface area contributed by atoms with Crippen LogP contribution in [0.25, 0.3) is 0 Å². The summed E-state index contributed by atoms with van der Waals surface area (Å²) in [5.74, 6) is -2.29. The van der Waals surface area contributed by atoms with Gasteiger partial charge in [-0.05, 0) is 31.5 Å². The molecule has 152 valence electrons. The molecule has 0 bridgehead atoms. The van der Waals surface area contributed by atoms with Crippen molar-refractivity contribution in [1.82, 2.24) is 0 Å². The highest BCUT2D eigenvalue weighted by Crippen LogP contribution is 2.43. The van der Waals surface area contributed by atoms with E-state index in [0.29, 0.717) is 28.0 Å². The monoisotopic (exact) mass is 404 g/mol. The van der Waals surface area contributed by atoms with E-state index in [1.807, 2.05) is 26.0 Å². The number of fused-ring (bicyclic) bond motifs is 2. The lowest BCUT2D eigenvalue weighted by Crippen LogP contribution is -2.41. The zero-order chi connectivity index (χ0) is 21.3. The molecule has 3 aromatic rings. The fraction of sp³-hybridized carbons (Fsp3) is 0.167. The molecule has 6 heteroatoms. The van der Waals surface area contributed by atoms with Gasteiger partial charge in [0.15, 0.2) is 5.78 Å². The molecule has 4 rings (SSSR count). The number of hydrogen-bond acceptors (Lipinski definition) is 6. The molecule has 0 fully saturated rings. The zero-order valence-electron chi connectivity index (χ0n) is 16.5. The van der Waals surface area contributed by atoms with Crippen LogP contribution in [0, 0.1) is 13.8 Å². The van der Waals surface area contributed by atoms with Gasteiger partial charge in [-0.15, -0.1) is 0 Å². The molecule has 0 saturated heterocycles. The van der Waals surface area contributed by atoms with E-state index < -0.39 is 18.4 Å². The first kappa shape index (κ1) is 20.0. The number of benzene rings is 3. The SMILES string of the molecule is Cc1ccc2c(c1)C(=O)c1ccccc1C2(OO)OCC(=O)Oc1ccccc1C. The molecule has 0 saturated carbocycles. The van der Waals surface area contributed by atoms with Crippen LogP contribution in [0.5, 0.6) is 5.75 Å². The molecule has 0 spiro atoms. The van der Waals surface area contributed by atoms with Gasteiger partial charge < -0.3 is 9.47 Å². The summed E-state index contributed by atoms with van der Waals surface area (Å²) in [5, 5.41) is 9.95. The van der Waals surface area contributed by atoms with Crippen molar-refractivity contribution in [3.05, 3.63) is 100 Å². The summed E-state index contributed by atoms with van der Waals surface area (Å²) in [6, 6.07) is 18.9. The maximum absolute atomic E-state index is 13.0. The Morgan fingerprint density at radius 3 is 2.40 bits per heavy atom. The zero-order valence-corrected chi connectivity index (χ0v) is 16.5. The smallest absolute Gasteiger partial charge is 0.337 e. The molecule has 1 aliphatic carbocycles. The third kappa shape index (κ3) is 3.31. The third-order valence-corrected chi connectivity index (χ3v) is 5.14. The lowest BCUT2D eigenvalue weighted by Gasteiger charge is -2.36. The third-order valence-electron chi connectivity index (χ3n) is 5.14. The predicted octanol–water partition coefficient (Wildman–Crippen LogP) is 4.16. The number of esters is 1. The fourth-order valence-corrected chi connectivity index (χ4v) is 3.66. The van der Waals surface area contributed by atoms with Crippen molar-refractivity contribution in [3.63, 3.8) is 0 Å². The Morgan fingerprint density at radius 1 is 0.933 bits per heavy atom. The minimum Gasteiger partial charge on any atom is -0.425 e. The van der Waals surface area contributed by atoms with E-state index in [0.717, 1.165) is 11.1 Å². The minimum atomic E-state index is -1.84. The van der Waals surface area contributed by atoms with Crippen molar-refractivity contribution >= 4 is 11.8 Å². The number of hydrogen-bond donors (Lipinski definition) is 1. The van der Waals surface area contributed by atoms with Crippen LogP contribution in [0.15, 0.2) is 66.7 Å². The molecule has 1 aliphatic rings. The normalized spacial score (nSPS) is 17.2. The molecule has 0 amide bonds. The minimum absolute atomic E-state index is 0.205. The Labute approximate surface area is 173 Å². The van der Waals surface area contributed by atoms with E-state index in [4.69, 9.17) is 14.4 Å². The van der Waals surface area contributed by atoms with Gasteiger partial charge in [-0.2, -0.15) is 4.89 Å². The van der Waals surface area contributed by atoms with Crippen LogP contribution < -0.4 is 4.74 Å². The first-order valence-corrected chi connectivity index (χ1v) is 9.44. The van der Waals surface area contributed by atoms with Gasteiger partial charge in [0.2, 0.25) is 0 Å². The van der Waals surface area contributed by atoms with Crippen LogP contribution >= 0.6 is 0 Å². The summed E-state index contributed by atoms with van der Waals surface area (Å²) >= 11 is 0. The van der Waals surface area contributed by atoms with E-state index in [2.05, 4.69) is 0 Å². The highest BCUT2D eigenvalue weighted by atomic mass is 17.1. The summed E-state index contributed by atoms with van der Waals surface area (Å²) in [7, 11) is 0. The van der Waals surface area contributed by atoms with Crippen molar-refractivity contribution in [1.29, 1.82) is 0 Å². The molecule has 0 aliphatic heterocycles. The Hall–Kier alpha value is -3.32. The van der Waals surface area contributed by atoms with Crippen molar-refractivity contribution in [3.8, 4) is 5.75 Å². The molecule has 1 N–H and O–H groups in total. The molecule has 3 aromatic carbocycles. The summed E-state index contributed by atoms with van der Waals surface area (Å²) in [6.07, 6.45) is 0. The molecule has 1 unspecified atom stereocenters. The van der Waals surface area contributed by atoms with E-state index in [1.165, 1.54) is 0 Å². The highest BCUT2D eigenvalue weighted by Gasteiger charge is 2.47. The molecule has 0 radical (unpaired) electrons. The number of rotatable bonds is 5. The summed E-state index contributed by atoms with van der Waals surface area (Å²) in [4.78, 5) is 30.3. The fourth-order valence-electron chi connectivity index (χ4n) is 3.66. The van der Waals surface area contributed by atoms with Gasteiger partial charge in [-0.1, -0.05) is 60.2 Å². The molecule has 1 atom stereocenters. The van der Waals surface area contributed by atoms with Crippen LogP contribution in [0.2, 0.25) is 0 Å². The van der Waals surface area contributed by atoms with E-state index in [1.54, 1.807) is 54.6 Å². The van der Waals surface area contributed by atoms with Crippen molar-refractivity contribution in [2.75, 3.05) is 6.61 Å². The number of para-hydroxylation sites is 1. The standard InChI is InChI=1S/C24H20O6/c1-15-11-12-20-18(13-15)23(26)17-8-4-5-9-19(17)24(20,30-27)28-14-22(25)29-21-10-6-3-7-16(21)2/h3-13,27H,14H2,1-2H3. The van der Waals surface area contributed by atoms with Crippen LogP contribution in [0.4, 0.5) is 0 Å². The largest absolute Gasteiger partial charge is 0.425 e. The molecule has 30 heavy (non-hydrogen) atoms. The Bertz CT molecular complexity index is 1140. The Kier molecular flexibility index (Phi) is 5.22. The van der Waals surface area contributed by atoms with Crippen molar-refractivity contribution in [2.24, 2.45) is 0 Å². The quantitative estimate of drug-likeness (QED) is 0.226. The first-order chi connectivity index (χ1) is 14.5. The molecule has 0 aromatic heterocycles. The van der Waals surface area contributed by atoms with Gasteiger partial charge in [0.25, 0.3) is 5.79 Å². The second-order valence-electron chi connectivity index (χ2n) is 7.16. The van der Waals surface area contributed by atoms with Crippen LogP contribution in [0.3, 0.4) is 0 Å². The van der Waals surface area contributed by atoms with E-state index >= 15 is 0 Å². The second-order valence-corrected chi connectivity index (χ2v) is 7.16. The van der Waals surface area contributed by atoms with Gasteiger partial charge in [0.05, 0.1) is 0 Å². The van der Waals surface area contributed by atoms with Crippen LogP contribution in [-0.2, 0) is 20.2 Å². The lowest BCUT2D eigenvalue weighted by molar-refractivity contribution is -0.394. The van der Waals surface area contributed by atoms with Crippen LogP contribution in [0.1, 0.15) is 38.2 Å². The first-order valence-electron chi connectivity index (χ1n) is 9.44. The summed E-state index contributed by atoms with van der Waals surface area (Å²) in [5.41, 5.74) is 2.98. The number of ether oxygens (including phenoxy) is 2. The predicted molar refractivity (Wildman–Crippen MR) is 108 cm³/mol. The van der Waals surface area contributed by atoms with Gasteiger partial charge in [-0.3, -0.25) is 4.79 Å². The molecule has 6 nitrogen and oxygen atoms in total. The maximum atomic E-state index is 13.0. The maximum Gasteiger partial charge on any atom is 0.337 e. The molecule has 0 heterocycles. The molecular formula is C24H20O6. The number of carbonyl (C=O) groups excluding carboxylic acids is 2. The summed E-state index contributed by atoms with van der Waals surface area (Å²) < 4.78 is 11.2. The van der Waals surface area contributed by atoms with Gasteiger partial charge >= 0.3 is 5.97 Å². The van der Waals surface area contributed by atoms with Crippen molar-refractivity contribution < 1.29 is 29.2 Å². The van der Waals surface area contributed by atoms with Crippen molar-refractivity contribution in [2.45, 2.75) is 19.6 Å². The van der Waals surface area contributed by atoms with Crippen LogP contribution in [-0.4, -0.2) is 23.6 Å².